The van der Waals surface area contributed by atoms with Crippen LogP contribution in [0.3, 0.4) is 0 Å². The SMILES string of the molecule is CC(C)CC1CN(CCc2cnn(C)c2)CCN1. The van der Waals surface area contributed by atoms with Gasteiger partial charge in [0.05, 0.1) is 6.20 Å². The Morgan fingerprint density at radius 3 is 3.00 bits per heavy atom. The molecule has 4 nitrogen and oxygen atoms in total. The highest BCUT2D eigenvalue weighted by atomic mass is 15.2. The van der Waals surface area contributed by atoms with Crippen molar-refractivity contribution in [2.75, 3.05) is 26.2 Å². The summed E-state index contributed by atoms with van der Waals surface area (Å²) in [4.78, 5) is 2.58. The van der Waals surface area contributed by atoms with Crippen molar-refractivity contribution < 1.29 is 0 Å². The molecule has 0 aromatic carbocycles. The number of nitrogens with zero attached hydrogens (tertiary/aromatic N) is 3. The molecule has 1 saturated heterocycles. The van der Waals surface area contributed by atoms with Gasteiger partial charge in [-0.25, -0.2) is 0 Å². The summed E-state index contributed by atoms with van der Waals surface area (Å²) < 4.78 is 1.88. The zero-order valence-corrected chi connectivity index (χ0v) is 11.9. The van der Waals surface area contributed by atoms with Gasteiger partial charge >= 0.3 is 0 Å². The Hall–Kier alpha value is -0.870. The predicted molar refractivity (Wildman–Crippen MR) is 74.6 cm³/mol. The van der Waals surface area contributed by atoms with Crippen LogP contribution in [0.25, 0.3) is 0 Å². The van der Waals surface area contributed by atoms with Crippen LogP contribution in [0.2, 0.25) is 0 Å². The minimum atomic E-state index is 0.674. The van der Waals surface area contributed by atoms with Crippen molar-refractivity contribution in [3.05, 3.63) is 18.0 Å². The first-order chi connectivity index (χ1) is 8.63. The first kappa shape index (κ1) is 13.6. The zero-order chi connectivity index (χ0) is 13.0. The normalized spacial score (nSPS) is 21.7. The molecular formula is C14H26N4. The van der Waals surface area contributed by atoms with E-state index >= 15 is 0 Å². The van der Waals surface area contributed by atoms with Gasteiger partial charge in [-0.3, -0.25) is 4.68 Å². The predicted octanol–water partition coefficient (Wildman–Crippen LogP) is 1.28. The monoisotopic (exact) mass is 250 g/mol. The smallest absolute Gasteiger partial charge is 0.0522 e. The Morgan fingerprint density at radius 2 is 2.33 bits per heavy atom. The van der Waals surface area contributed by atoms with Crippen LogP contribution < -0.4 is 5.32 Å². The van der Waals surface area contributed by atoms with Crippen molar-refractivity contribution in [2.24, 2.45) is 13.0 Å². The Bertz CT molecular complexity index is 358. The lowest BCUT2D eigenvalue weighted by atomic mass is 10.0. The molecule has 0 saturated carbocycles. The van der Waals surface area contributed by atoms with Crippen LogP contribution in [0, 0.1) is 5.92 Å². The maximum absolute atomic E-state index is 4.22. The van der Waals surface area contributed by atoms with Gasteiger partial charge in [0.15, 0.2) is 0 Å². The Balaban J connectivity index is 1.75. The Morgan fingerprint density at radius 1 is 1.50 bits per heavy atom. The van der Waals surface area contributed by atoms with Crippen LogP contribution in [-0.4, -0.2) is 46.9 Å². The van der Waals surface area contributed by atoms with E-state index in [-0.39, 0.29) is 0 Å². The van der Waals surface area contributed by atoms with Crippen LogP contribution in [-0.2, 0) is 13.5 Å². The average molecular weight is 250 g/mol. The second-order valence-corrected chi connectivity index (χ2v) is 5.85. The molecule has 0 radical (unpaired) electrons. The number of rotatable bonds is 5. The fourth-order valence-corrected chi connectivity index (χ4v) is 2.71. The first-order valence-corrected chi connectivity index (χ1v) is 7.06. The largest absolute Gasteiger partial charge is 0.311 e. The molecule has 1 aliphatic rings. The summed E-state index contributed by atoms with van der Waals surface area (Å²) >= 11 is 0. The summed E-state index contributed by atoms with van der Waals surface area (Å²) in [7, 11) is 1.98. The molecule has 0 spiro atoms. The molecule has 0 bridgehead atoms. The fourth-order valence-electron chi connectivity index (χ4n) is 2.71. The molecule has 2 heterocycles. The van der Waals surface area contributed by atoms with E-state index in [9.17, 15) is 0 Å². The van der Waals surface area contributed by atoms with Gasteiger partial charge in [0, 0.05) is 45.5 Å². The van der Waals surface area contributed by atoms with Crippen molar-refractivity contribution in [3.8, 4) is 0 Å². The van der Waals surface area contributed by atoms with Crippen LogP contribution in [0.1, 0.15) is 25.8 Å². The van der Waals surface area contributed by atoms with Gasteiger partial charge in [0.1, 0.15) is 0 Å². The number of aromatic nitrogens is 2. The van der Waals surface area contributed by atoms with Gasteiger partial charge in [-0.1, -0.05) is 13.8 Å². The topological polar surface area (TPSA) is 33.1 Å². The van der Waals surface area contributed by atoms with E-state index in [1.165, 1.54) is 25.1 Å². The maximum Gasteiger partial charge on any atom is 0.0522 e. The average Bonchev–Trinajstić information content (AvgIpc) is 2.72. The molecule has 2 rings (SSSR count). The fraction of sp³-hybridized carbons (Fsp3) is 0.786. The summed E-state index contributed by atoms with van der Waals surface area (Å²) in [5.41, 5.74) is 1.34. The van der Waals surface area contributed by atoms with Crippen molar-refractivity contribution in [1.29, 1.82) is 0 Å². The van der Waals surface area contributed by atoms with Crippen LogP contribution in [0.15, 0.2) is 12.4 Å². The summed E-state index contributed by atoms with van der Waals surface area (Å²) in [6.07, 6.45) is 6.49. The molecule has 1 aliphatic heterocycles. The third-order valence-electron chi connectivity index (χ3n) is 3.57. The molecule has 102 valence electrons. The molecule has 1 N–H and O–H groups in total. The van der Waals surface area contributed by atoms with Crippen LogP contribution >= 0.6 is 0 Å². The zero-order valence-electron chi connectivity index (χ0n) is 11.9. The Kier molecular flexibility index (Phi) is 4.78. The van der Waals surface area contributed by atoms with E-state index in [0.29, 0.717) is 6.04 Å². The minimum absolute atomic E-state index is 0.674. The number of nitrogens with one attached hydrogen (secondary N) is 1. The quantitative estimate of drug-likeness (QED) is 0.854. The van der Waals surface area contributed by atoms with Crippen LogP contribution in [0.5, 0.6) is 0 Å². The van der Waals surface area contributed by atoms with Gasteiger partial charge in [-0.05, 0) is 24.3 Å². The molecule has 1 fully saturated rings. The lowest BCUT2D eigenvalue weighted by Gasteiger charge is -2.34. The standard InChI is InChI=1S/C14H26N4/c1-12(2)8-14-11-18(7-5-15-14)6-4-13-9-16-17(3)10-13/h9-10,12,14-15H,4-8,11H2,1-3H3. The summed E-state index contributed by atoms with van der Waals surface area (Å²) in [6.45, 7) is 9.26. The number of hydrogen-bond donors (Lipinski definition) is 1. The molecule has 0 amide bonds. The van der Waals surface area contributed by atoms with E-state index in [4.69, 9.17) is 0 Å². The van der Waals surface area contributed by atoms with Crippen molar-refractivity contribution in [1.82, 2.24) is 20.0 Å². The van der Waals surface area contributed by atoms with E-state index in [0.717, 1.165) is 25.4 Å². The third kappa shape index (κ3) is 4.10. The summed E-state index contributed by atoms with van der Waals surface area (Å²) in [5.74, 6) is 0.778. The van der Waals surface area contributed by atoms with Crippen molar-refractivity contribution in [3.63, 3.8) is 0 Å². The molecule has 0 aliphatic carbocycles. The van der Waals surface area contributed by atoms with Gasteiger partial charge in [-0.2, -0.15) is 5.10 Å². The van der Waals surface area contributed by atoms with E-state index in [1.54, 1.807) is 0 Å². The van der Waals surface area contributed by atoms with E-state index in [1.807, 2.05) is 17.9 Å². The minimum Gasteiger partial charge on any atom is -0.311 e. The van der Waals surface area contributed by atoms with Gasteiger partial charge < -0.3 is 10.2 Å². The first-order valence-electron chi connectivity index (χ1n) is 7.06. The molecule has 1 unspecified atom stereocenters. The van der Waals surface area contributed by atoms with Gasteiger partial charge in [-0.15, -0.1) is 0 Å². The van der Waals surface area contributed by atoms with E-state index in [2.05, 4.69) is 35.4 Å². The molecule has 1 aromatic heterocycles. The summed E-state index contributed by atoms with van der Waals surface area (Å²) in [6, 6.07) is 0.674. The Labute approximate surface area is 110 Å². The molecule has 1 atom stereocenters. The molecule has 18 heavy (non-hydrogen) atoms. The molecule has 4 heteroatoms. The number of piperazine rings is 1. The second-order valence-electron chi connectivity index (χ2n) is 5.85. The highest BCUT2D eigenvalue weighted by Crippen LogP contribution is 2.10. The lowest BCUT2D eigenvalue weighted by molar-refractivity contribution is 0.188. The lowest BCUT2D eigenvalue weighted by Crippen LogP contribution is -2.51. The van der Waals surface area contributed by atoms with Crippen molar-refractivity contribution in [2.45, 2.75) is 32.7 Å². The highest BCUT2D eigenvalue weighted by Gasteiger charge is 2.19. The van der Waals surface area contributed by atoms with Crippen LogP contribution in [0.4, 0.5) is 0 Å². The molecular weight excluding hydrogens is 224 g/mol. The maximum atomic E-state index is 4.22. The van der Waals surface area contributed by atoms with Gasteiger partial charge in [0.2, 0.25) is 0 Å². The van der Waals surface area contributed by atoms with E-state index < -0.39 is 0 Å². The summed E-state index contributed by atoms with van der Waals surface area (Å²) in [5, 5.41) is 7.85. The highest BCUT2D eigenvalue weighted by molar-refractivity contribution is 5.04. The number of hydrogen-bond acceptors (Lipinski definition) is 3. The van der Waals surface area contributed by atoms with Crippen molar-refractivity contribution >= 4 is 0 Å². The third-order valence-corrected chi connectivity index (χ3v) is 3.57. The second kappa shape index (κ2) is 6.34. The molecule has 1 aromatic rings. The van der Waals surface area contributed by atoms with Gasteiger partial charge in [0.25, 0.3) is 0 Å². The number of aryl methyl sites for hydroxylation is 1.